The molecule has 2 heterocycles. The highest BCUT2D eigenvalue weighted by atomic mass is 32.1. The van der Waals surface area contributed by atoms with Crippen molar-refractivity contribution < 1.29 is 4.79 Å². The van der Waals surface area contributed by atoms with Crippen molar-refractivity contribution in [2.45, 2.75) is 33.2 Å². The van der Waals surface area contributed by atoms with Gasteiger partial charge >= 0.3 is 5.69 Å². The van der Waals surface area contributed by atoms with Crippen LogP contribution in [0, 0.1) is 0 Å². The van der Waals surface area contributed by atoms with Gasteiger partial charge in [-0.2, -0.15) is 0 Å². The molecule has 1 amide bonds. The summed E-state index contributed by atoms with van der Waals surface area (Å²) in [6, 6.07) is 3.77. The zero-order valence-electron chi connectivity index (χ0n) is 14.3. The van der Waals surface area contributed by atoms with Crippen LogP contribution in [0.2, 0.25) is 0 Å². The molecule has 3 N–H and O–H groups in total. The van der Waals surface area contributed by atoms with Gasteiger partial charge in [-0.15, -0.1) is 11.3 Å². The van der Waals surface area contributed by atoms with Crippen molar-refractivity contribution in [3.05, 3.63) is 49.3 Å². The largest absolute Gasteiger partial charge is 0.383 e. The number of carbonyl (C=O) groups excluding carboxylic acids is 1. The van der Waals surface area contributed by atoms with E-state index in [0.717, 1.165) is 17.7 Å². The minimum absolute atomic E-state index is 0.0130. The number of aromatic nitrogens is 2. The normalized spacial score (nSPS) is 11.1. The smallest absolute Gasteiger partial charge is 0.330 e. The first-order valence-electron chi connectivity index (χ1n) is 8.15. The van der Waals surface area contributed by atoms with E-state index in [1.54, 1.807) is 13.0 Å². The summed E-state index contributed by atoms with van der Waals surface area (Å²) >= 11 is 1.50. The highest BCUT2D eigenvalue weighted by Gasteiger charge is 2.21. The zero-order chi connectivity index (χ0) is 18.4. The van der Waals surface area contributed by atoms with Gasteiger partial charge in [0.2, 0.25) is 0 Å². The van der Waals surface area contributed by atoms with Crippen molar-refractivity contribution in [1.82, 2.24) is 9.55 Å². The number of rotatable bonds is 7. The van der Waals surface area contributed by atoms with Gasteiger partial charge in [-0.25, -0.2) is 4.79 Å². The Morgan fingerprint density at radius 2 is 2.16 bits per heavy atom. The molecule has 0 spiro atoms. The fraction of sp³-hybridized carbons (Fsp3) is 0.353. The zero-order valence-corrected chi connectivity index (χ0v) is 15.1. The number of nitrogen functional groups attached to an aromatic ring is 1. The molecule has 0 aliphatic rings. The number of anilines is 2. The average molecular weight is 362 g/mol. The summed E-state index contributed by atoms with van der Waals surface area (Å²) < 4.78 is 1.30. The van der Waals surface area contributed by atoms with Crippen molar-refractivity contribution >= 4 is 34.8 Å². The topological polar surface area (TPSA) is 101 Å². The molecule has 0 aliphatic carbocycles. The maximum absolute atomic E-state index is 12.5. The highest BCUT2D eigenvalue weighted by molar-refractivity contribution is 7.10. The van der Waals surface area contributed by atoms with Gasteiger partial charge in [0.1, 0.15) is 5.82 Å². The van der Waals surface area contributed by atoms with Crippen molar-refractivity contribution in [2.75, 3.05) is 17.2 Å². The van der Waals surface area contributed by atoms with Crippen LogP contribution in [0.3, 0.4) is 0 Å². The number of hydrogen-bond donors (Lipinski definition) is 2. The van der Waals surface area contributed by atoms with Gasteiger partial charge in [0.25, 0.3) is 11.5 Å². The molecule has 134 valence electrons. The second kappa shape index (κ2) is 8.48. The summed E-state index contributed by atoms with van der Waals surface area (Å²) in [5, 5.41) is 1.91. The van der Waals surface area contributed by atoms with E-state index in [2.05, 4.69) is 4.98 Å². The second-order valence-electron chi connectivity index (χ2n) is 5.43. The number of nitrogens with zero attached hydrogens (tertiary/aromatic N) is 2. The number of aromatic amines is 1. The van der Waals surface area contributed by atoms with Crippen molar-refractivity contribution in [2.24, 2.45) is 0 Å². The molecule has 0 fully saturated rings. The van der Waals surface area contributed by atoms with Gasteiger partial charge in [0.15, 0.2) is 5.69 Å². The molecule has 0 aliphatic heterocycles. The minimum atomic E-state index is -0.657. The summed E-state index contributed by atoms with van der Waals surface area (Å²) in [4.78, 5) is 41.2. The van der Waals surface area contributed by atoms with Crippen molar-refractivity contribution in [1.29, 1.82) is 0 Å². The molecule has 2 aromatic rings. The van der Waals surface area contributed by atoms with E-state index in [1.807, 2.05) is 24.4 Å². The first-order valence-corrected chi connectivity index (χ1v) is 9.03. The van der Waals surface area contributed by atoms with Crippen LogP contribution < -0.4 is 21.9 Å². The predicted molar refractivity (Wildman–Crippen MR) is 102 cm³/mol. The molecule has 2 aromatic heterocycles. The standard InChI is InChI=1S/C17H22N4O3S/c1-3-5-10-21-15(18)14(16(23)19-17(21)24)20(4-2)13(22)9-8-12-7-6-11-25-12/h6-9,11H,3-5,10,18H2,1-2H3,(H,19,23,24)/b9-8+. The Bertz CT molecular complexity index is 865. The fourth-order valence-corrected chi connectivity index (χ4v) is 3.05. The Morgan fingerprint density at radius 1 is 1.40 bits per heavy atom. The Balaban J connectivity index is 2.41. The van der Waals surface area contributed by atoms with Crippen LogP contribution in [-0.2, 0) is 11.3 Å². The van der Waals surface area contributed by atoms with Crippen molar-refractivity contribution in [3.63, 3.8) is 0 Å². The van der Waals surface area contributed by atoms with Crippen LogP contribution in [0.4, 0.5) is 11.5 Å². The molecule has 8 heteroatoms. The summed E-state index contributed by atoms with van der Waals surface area (Å²) in [6.45, 7) is 4.39. The fourth-order valence-electron chi connectivity index (χ4n) is 2.43. The van der Waals surface area contributed by atoms with Crippen LogP contribution >= 0.6 is 11.3 Å². The molecular weight excluding hydrogens is 340 g/mol. The van der Waals surface area contributed by atoms with Gasteiger partial charge in [-0.1, -0.05) is 19.4 Å². The lowest BCUT2D eigenvalue weighted by Gasteiger charge is -2.21. The van der Waals surface area contributed by atoms with Crippen LogP contribution in [0.15, 0.2) is 33.2 Å². The molecule has 7 nitrogen and oxygen atoms in total. The van der Waals surface area contributed by atoms with E-state index in [4.69, 9.17) is 5.73 Å². The van der Waals surface area contributed by atoms with E-state index >= 15 is 0 Å². The Morgan fingerprint density at radius 3 is 2.76 bits per heavy atom. The van der Waals surface area contributed by atoms with Crippen LogP contribution in [-0.4, -0.2) is 22.0 Å². The number of carbonyl (C=O) groups is 1. The van der Waals surface area contributed by atoms with E-state index < -0.39 is 11.2 Å². The molecule has 0 atom stereocenters. The molecule has 0 bridgehead atoms. The minimum Gasteiger partial charge on any atom is -0.383 e. The van der Waals surface area contributed by atoms with Crippen LogP contribution in [0.1, 0.15) is 31.6 Å². The Labute approximate surface area is 149 Å². The average Bonchev–Trinajstić information content (AvgIpc) is 3.09. The van der Waals surface area contributed by atoms with E-state index in [-0.39, 0.29) is 24.0 Å². The van der Waals surface area contributed by atoms with Gasteiger partial charge in [0, 0.05) is 24.0 Å². The molecule has 0 radical (unpaired) electrons. The lowest BCUT2D eigenvalue weighted by molar-refractivity contribution is -0.114. The van der Waals surface area contributed by atoms with Crippen LogP contribution in [0.5, 0.6) is 0 Å². The molecule has 25 heavy (non-hydrogen) atoms. The van der Waals surface area contributed by atoms with E-state index in [9.17, 15) is 14.4 Å². The lowest BCUT2D eigenvalue weighted by atomic mass is 10.3. The number of amides is 1. The summed E-state index contributed by atoms with van der Waals surface area (Å²) in [7, 11) is 0. The Kier molecular flexibility index (Phi) is 6.35. The van der Waals surface area contributed by atoms with Gasteiger partial charge < -0.3 is 10.6 Å². The molecule has 0 saturated carbocycles. The summed E-state index contributed by atoms with van der Waals surface area (Å²) in [5.74, 6) is -0.351. The number of nitrogens with two attached hydrogens (primary N) is 1. The first kappa shape index (κ1) is 18.7. The molecule has 0 aromatic carbocycles. The Hall–Kier alpha value is -2.61. The molecule has 2 rings (SSSR count). The summed E-state index contributed by atoms with van der Waals surface area (Å²) in [5.41, 5.74) is 4.86. The van der Waals surface area contributed by atoms with Gasteiger partial charge in [-0.3, -0.25) is 19.1 Å². The number of H-pyrrole nitrogens is 1. The SMILES string of the molecule is CCCCn1c(N)c(N(CC)C(=O)/C=C/c2cccs2)c(=O)[nH]c1=O. The third-order valence-corrected chi connectivity index (χ3v) is 4.57. The maximum atomic E-state index is 12.5. The van der Waals surface area contributed by atoms with Crippen molar-refractivity contribution in [3.8, 4) is 0 Å². The van der Waals surface area contributed by atoms with Gasteiger partial charge in [0.05, 0.1) is 0 Å². The predicted octanol–water partition coefficient (Wildman–Crippen LogP) is 2.05. The third kappa shape index (κ3) is 4.27. The maximum Gasteiger partial charge on any atom is 0.330 e. The number of hydrogen-bond acceptors (Lipinski definition) is 5. The van der Waals surface area contributed by atoms with Crippen LogP contribution in [0.25, 0.3) is 6.08 Å². The second-order valence-corrected chi connectivity index (χ2v) is 6.41. The summed E-state index contributed by atoms with van der Waals surface area (Å²) in [6.07, 6.45) is 4.71. The molecule has 0 unspecified atom stereocenters. The van der Waals surface area contributed by atoms with Gasteiger partial charge in [-0.05, 0) is 30.9 Å². The first-order chi connectivity index (χ1) is 12.0. The van der Waals surface area contributed by atoms with E-state index in [0.29, 0.717) is 6.54 Å². The number of likely N-dealkylation sites (N-methyl/N-ethyl adjacent to an activating group) is 1. The van der Waals surface area contributed by atoms with E-state index in [1.165, 1.54) is 26.9 Å². The highest BCUT2D eigenvalue weighted by Crippen LogP contribution is 2.18. The molecular formula is C17H22N4O3S. The molecule has 0 saturated heterocycles. The lowest BCUT2D eigenvalue weighted by Crippen LogP contribution is -2.40. The number of nitrogens with one attached hydrogen (secondary N) is 1. The number of thiophene rings is 1. The third-order valence-electron chi connectivity index (χ3n) is 3.73. The quantitative estimate of drug-likeness (QED) is 0.736. The monoisotopic (exact) mass is 362 g/mol. The number of unbranched alkanes of at least 4 members (excludes halogenated alkanes) is 1.